The minimum atomic E-state index is -0.575. The summed E-state index contributed by atoms with van der Waals surface area (Å²) >= 11 is 0. The van der Waals surface area contributed by atoms with E-state index in [1.54, 1.807) is 0 Å². The lowest BCUT2D eigenvalue weighted by Gasteiger charge is -2.18. The third kappa shape index (κ3) is 48.0. The molecule has 0 saturated heterocycles. The first kappa shape index (κ1) is 57.3. The van der Waals surface area contributed by atoms with E-state index >= 15 is 0 Å². The molecule has 0 aromatic carbocycles. The van der Waals surface area contributed by atoms with Crippen LogP contribution in [-0.4, -0.2) is 37.9 Å². The van der Waals surface area contributed by atoms with Crippen molar-refractivity contribution in [2.75, 3.05) is 19.8 Å². The molecule has 346 valence electrons. The number of rotatable bonds is 46. The standard InChI is InChI=1S/C55H96O5/c1-4-7-10-13-16-19-21-23-25-26-27-28-29-31-33-35-38-41-44-47-50-58-51-53(60-55(57)49-46-43-40-36-18-15-12-9-6-3)52-59-54(56)48-45-42-39-37-34-32-30-24-22-20-17-14-11-8-5-2/h8,11,17,20,23-25,30,34,37,42,45,53H,4-7,9-10,12-16,18-19,21-22,26-29,31-33,35-36,38-41,43-44,46-52H2,1-3H3/b11-8-,20-17-,25-23-,30-24-,37-34-,45-42-. The van der Waals surface area contributed by atoms with Gasteiger partial charge in [-0.2, -0.15) is 0 Å². The Balaban J connectivity index is 4.26. The van der Waals surface area contributed by atoms with Crippen molar-refractivity contribution in [2.45, 2.75) is 245 Å². The lowest BCUT2D eigenvalue weighted by atomic mass is 10.1. The van der Waals surface area contributed by atoms with Crippen molar-refractivity contribution in [3.05, 3.63) is 72.9 Å². The summed E-state index contributed by atoms with van der Waals surface area (Å²) in [6, 6.07) is 0. The Labute approximate surface area is 372 Å². The zero-order valence-corrected chi connectivity index (χ0v) is 39.7. The minimum Gasteiger partial charge on any atom is -0.461 e. The second-order valence-electron chi connectivity index (χ2n) is 16.7. The number of hydrogen-bond acceptors (Lipinski definition) is 5. The van der Waals surface area contributed by atoms with E-state index in [1.807, 2.05) is 12.2 Å². The van der Waals surface area contributed by atoms with Gasteiger partial charge in [0, 0.05) is 13.0 Å². The highest BCUT2D eigenvalue weighted by atomic mass is 16.6. The fraction of sp³-hybridized carbons (Fsp3) is 0.745. The van der Waals surface area contributed by atoms with Gasteiger partial charge in [-0.1, -0.05) is 229 Å². The second-order valence-corrected chi connectivity index (χ2v) is 16.7. The number of esters is 2. The van der Waals surface area contributed by atoms with Crippen LogP contribution in [0.4, 0.5) is 0 Å². The van der Waals surface area contributed by atoms with Crippen molar-refractivity contribution < 1.29 is 23.8 Å². The quantitative estimate of drug-likeness (QED) is 0.0347. The van der Waals surface area contributed by atoms with E-state index in [1.165, 1.54) is 141 Å². The van der Waals surface area contributed by atoms with Crippen LogP contribution < -0.4 is 0 Å². The van der Waals surface area contributed by atoms with Crippen LogP contribution in [0.5, 0.6) is 0 Å². The van der Waals surface area contributed by atoms with E-state index in [0.29, 0.717) is 13.0 Å². The molecule has 0 fully saturated rings. The Morgan fingerprint density at radius 3 is 1.27 bits per heavy atom. The molecule has 60 heavy (non-hydrogen) atoms. The number of hydrogen-bond donors (Lipinski definition) is 0. The van der Waals surface area contributed by atoms with Crippen LogP contribution in [0.15, 0.2) is 72.9 Å². The van der Waals surface area contributed by atoms with Crippen molar-refractivity contribution in [1.82, 2.24) is 0 Å². The molecule has 0 aromatic heterocycles. The van der Waals surface area contributed by atoms with E-state index in [9.17, 15) is 9.59 Å². The van der Waals surface area contributed by atoms with Gasteiger partial charge in [0.2, 0.25) is 0 Å². The number of carbonyl (C=O) groups is 2. The third-order valence-corrected chi connectivity index (χ3v) is 10.8. The molecule has 0 N–H and O–H groups in total. The number of carbonyl (C=O) groups excluding carboxylic acids is 2. The van der Waals surface area contributed by atoms with Crippen molar-refractivity contribution >= 4 is 11.9 Å². The van der Waals surface area contributed by atoms with Crippen LogP contribution in [0.25, 0.3) is 0 Å². The average molecular weight is 837 g/mol. The Morgan fingerprint density at radius 2 is 0.800 bits per heavy atom. The highest BCUT2D eigenvalue weighted by Crippen LogP contribution is 2.14. The fourth-order valence-corrected chi connectivity index (χ4v) is 6.99. The van der Waals surface area contributed by atoms with Gasteiger partial charge < -0.3 is 14.2 Å². The van der Waals surface area contributed by atoms with Gasteiger partial charge in [-0.05, 0) is 70.6 Å². The average Bonchev–Trinajstić information content (AvgIpc) is 3.25. The number of allylic oxidation sites excluding steroid dienone is 11. The van der Waals surface area contributed by atoms with Gasteiger partial charge in [0.05, 0.1) is 13.0 Å². The summed E-state index contributed by atoms with van der Waals surface area (Å²) in [4.78, 5) is 25.2. The zero-order valence-electron chi connectivity index (χ0n) is 39.7. The Hall–Kier alpha value is -2.66. The first-order valence-electron chi connectivity index (χ1n) is 25.5. The first-order valence-corrected chi connectivity index (χ1v) is 25.5. The predicted octanol–water partition coefficient (Wildman–Crippen LogP) is 17.1. The van der Waals surface area contributed by atoms with Gasteiger partial charge in [0.15, 0.2) is 6.10 Å². The molecule has 1 unspecified atom stereocenters. The highest BCUT2D eigenvalue weighted by Gasteiger charge is 2.17. The van der Waals surface area contributed by atoms with Crippen LogP contribution in [0.2, 0.25) is 0 Å². The van der Waals surface area contributed by atoms with Crippen LogP contribution in [0.3, 0.4) is 0 Å². The molecule has 1 atom stereocenters. The molecular weight excluding hydrogens is 741 g/mol. The summed E-state index contributed by atoms with van der Waals surface area (Å²) in [5.74, 6) is -0.543. The summed E-state index contributed by atoms with van der Waals surface area (Å²) < 4.78 is 17.3. The summed E-state index contributed by atoms with van der Waals surface area (Å²) in [5, 5.41) is 0. The molecule has 0 rings (SSSR count). The van der Waals surface area contributed by atoms with Crippen LogP contribution in [0.1, 0.15) is 239 Å². The van der Waals surface area contributed by atoms with Gasteiger partial charge in [0.25, 0.3) is 0 Å². The molecule has 0 radical (unpaired) electrons. The van der Waals surface area contributed by atoms with Crippen LogP contribution >= 0.6 is 0 Å². The predicted molar refractivity (Wildman–Crippen MR) is 260 cm³/mol. The fourth-order valence-electron chi connectivity index (χ4n) is 6.99. The van der Waals surface area contributed by atoms with Crippen molar-refractivity contribution in [1.29, 1.82) is 0 Å². The normalized spacial score (nSPS) is 12.8. The molecule has 0 bridgehead atoms. The van der Waals surface area contributed by atoms with E-state index in [4.69, 9.17) is 14.2 Å². The van der Waals surface area contributed by atoms with Gasteiger partial charge >= 0.3 is 11.9 Å². The molecule has 0 heterocycles. The lowest BCUT2D eigenvalue weighted by molar-refractivity contribution is -0.162. The summed E-state index contributed by atoms with van der Waals surface area (Å²) in [7, 11) is 0. The van der Waals surface area contributed by atoms with E-state index < -0.39 is 6.10 Å². The third-order valence-electron chi connectivity index (χ3n) is 10.8. The van der Waals surface area contributed by atoms with E-state index in [0.717, 1.165) is 64.2 Å². The van der Waals surface area contributed by atoms with Crippen molar-refractivity contribution in [3.8, 4) is 0 Å². The first-order chi connectivity index (χ1) is 29.6. The molecular formula is C55H96O5. The molecule has 5 nitrogen and oxygen atoms in total. The van der Waals surface area contributed by atoms with Gasteiger partial charge in [-0.3, -0.25) is 9.59 Å². The molecule has 0 spiro atoms. The minimum absolute atomic E-state index is 0.0307. The largest absolute Gasteiger partial charge is 0.461 e. The molecule has 5 heteroatoms. The zero-order chi connectivity index (χ0) is 43.5. The maximum Gasteiger partial charge on any atom is 0.309 e. The van der Waals surface area contributed by atoms with E-state index in [-0.39, 0.29) is 31.6 Å². The van der Waals surface area contributed by atoms with Crippen molar-refractivity contribution in [2.24, 2.45) is 0 Å². The van der Waals surface area contributed by atoms with Crippen LogP contribution in [-0.2, 0) is 23.8 Å². The highest BCUT2D eigenvalue weighted by molar-refractivity contribution is 5.71. The van der Waals surface area contributed by atoms with Gasteiger partial charge in [-0.15, -0.1) is 0 Å². The topological polar surface area (TPSA) is 61.8 Å². The molecule has 0 aromatic rings. The molecule has 0 saturated carbocycles. The van der Waals surface area contributed by atoms with E-state index in [2.05, 4.69) is 81.5 Å². The Bertz CT molecular complexity index is 1080. The monoisotopic (exact) mass is 837 g/mol. The summed E-state index contributed by atoms with van der Waals surface area (Å²) in [6.45, 7) is 7.60. The molecule has 0 aliphatic heterocycles. The van der Waals surface area contributed by atoms with Crippen LogP contribution in [0, 0.1) is 0 Å². The lowest BCUT2D eigenvalue weighted by Crippen LogP contribution is -2.30. The molecule has 0 amide bonds. The van der Waals surface area contributed by atoms with Gasteiger partial charge in [0.1, 0.15) is 6.61 Å². The molecule has 0 aliphatic carbocycles. The number of ether oxygens (including phenoxy) is 3. The maximum atomic E-state index is 12.7. The van der Waals surface area contributed by atoms with Gasteiger partial charge in [-0.25, -0.2) is 0 Å². The SMILES string of the molecule is CC/C=C\C/C=C\C/C=C\C/C=C\C/C=C\CC(=O)OCC(COCCCCCCCCCCCC/C=C\CCCCCCCC)OC(=O)CCCCCCCCCCC. The molecule has 0 aliphatic rings. The Kier molecular flexibility index (Phi) is 48.4. The summed E-state index contributed by atoms with van der Waals surface area (Å²) in [6.07, 6.45) is 65.2. The summed E-state index contributed by atoms with van der Waals surface area (Å²) in [5.41, 5.74) is 0. The smallest absolute Gasteiger partial charge is 0.309 e. The Morgan fingerprint density at radius 1 is 0.400 bits per heavy atom. The van der Waals surface area contributed by atoms with Crippen molar-refractivity contribution in [3.63, 3.8) is 0 Å². The second kappa shape index (κ2) is 50.7. The maximum absolute atomic E-state index is 12.7. The number of unbranched alkanes of at least 4 members (excludes halogenated alkanes) is 24.